The maximum Gasteiger partial charge on any atom is 0.255 e. The molecule has 1 aromatic carbocycles. The van der Waals surface area contributed by atoms with E-state index >= 15 is 0 Å². The van der Waals surface area contributed by atoms with Gasteiger partial charge < -0.3 is 10.6 Å². The summed E-state index contributed by atoms with van der Waals surface area (Å²) in [6, 6.07) is 15.0. The van der Waals surface area contributed by atoms with Gasteiger partial charge >= 0.3 is 0 Å². The van der Waals surface area contributed by atoms with Crippen molar-refractivity contribution < 1.29 is 4.79 Å². The van der Waals surface area contributed by atoms with Gasteiger partial charge in [-0.1, -0.05) is 24.3 Å². The van der Waals surface area contributed by atoms with Crippen LogP contribution in [0.3, 0.4) is 0 Å². The lowest BCUT2D eigenvalue weighted by Crippen LogP contribution is -2.13. The van der Waals surface area contributed by atoms with E-state index in [1.54, 1.807) is 12.4 Å². The van der Waals surface area contributed by atoms with E-state index in [4.69, 9.17) is 0 Å². The van der Waals surface area contributed by atoms with Crippen molar-refractivity contribution in [3.63, 3.8) is 0 Å². The van der Waals surface area contributed by atoms with Crippen LogP contribution in [0.15, 0.2) is 67.1 Å². The summed E-state index contributed by atoms with van der Waals surface area (Å²) in [5.41, 5.74) is 3.35. The molecule has 3 rings (SSSR count). The number of carbonyl (C=O) groups excluding carboxylic acids is 1. The average Bonchev–Trinajstić information content (AvgIpc) is 2.62. The minimum absolute atomic E-state index is 0.133. The molecule has 0 radical (unpaired) electrons. The van der Waals surface area contributed by atoms with Gasteiger partial charge in [-0.15, -0.1) is 0 Å². The summed E-state index contributed by atoms with van der Waals surface area (Å²) in [6.07, 6.45) is 5.19. The van der Waals surface area contributed by atoms with Crippen LogP contribution in [-0.2, 0) is 6.54 Å². The minimum Gasteiger partial charge on any atom is -0.366 e. The number of amides is 1. The quantitative estimate of drug-likeness (QED) is 0.753. The second-order valence-electron chi connectivity index (χ2n) is 5.42. The number of carbonyl (C=O) groups is 1. The van der Waals surface area contributed by atoms with Crippen molar-refractivity contribution >= 4 is 17.4 Å². The maximum absolute atomic E-state index is 12.3. The van der Waals surface area contributed by atoms with Crippen molar-refractivity contribution in [2.24, 2.45) is 0 Å². The second-order valence-corrected chi connectivity index (χ2v) is 5.42. The molecule has 0 aliphatic rings. The topological polar surface area (TPSA) is 66.9 Å². The third-order valence-electron chi connectivity index (χ3n) is 3.61. The van der Waals surface area contributed by atoms with Crippen LogP contribution < -0.4 is 10.6 Å². The second kappa shape index (κ2) is 7.37. The van der Waals surface area contributed by atoms with Gasteiger partial charge in [0.2, 0.25) is 0 Å². The Morgan fingerprint density at radius 1 is 1.04 bits per heavy atom. The molecule has 120 valence electrons. The third-order valence-corrected chi connectivity index (χ3v) is 3.61. The summed E-state index contributed by atoms with van der Waals surface area (Å²) in [6.45, 7) is 2.56. The molecule has 0 aliphatic carbocycles. The van der Waals surface area contributed by atoms with Gasteiger partial charge in [-0.05, 0) is 42.3 Å². The maximum atomic E-state index is 12.3. The number of hydrogen-bond acceptors (Lipinski definition) is 4. The first-order valence-electron chi connectivity index (χ1n) is 7.68. The predicted molar refractivity (Wildman–Crippen MR) is 94.9 cm³/mol. The van der Waals surface area contributed by atoms with E-state index in [-0.39, 0.29) is 5.91 Å². The van der Waals surface area contributed by atoms with Gasteiger partial charge in [0.1, 0.15) is 5.82 Å². The van der Waals surface area contributed by atoms with Gasteiger partial charge in [0.05, 0.1) is 11.9 Å². The zero-order valence-corrected chi connectivity index (χ0v) is 13.4. The van der Waals surface area contributed by atoms with Crippen LogP contribution in [-0.4, -0.2) is 15.9 Å². The van der Waals surface area contributed by atoms with Crippen molar-refractivity contribution in [2.45, 2.75) is 13.5 Å². The Balaban J connectivity index is 1.60. The fourth-order valence-electron chi connectivity index (χ4n) is 2.29. The van der Waals surface area contributed by atoms with Crippen molar-refractivity contribution in [3.05, 3.63) is 83.8 Å². The molecule has 2 heterocycles. The molecule has 5 heteroatoms. The van der Waals surface area contributed by atoms with Crippen molar-refractivity contribution in [1.82, 2.24) is 9.97 Å². The first-order valence-corrected chi connectivity index (χ1v) is 7.68. The molecular formula is C19H18N4O. The van der Waals surface area contributed by atoms with Crippen LogP contribution in [0.25, 0.3) is 0 Å². The highest BCUT2D eigenvalue weighted by Crippen LogP contribution is 2.14. The van der Waals surface area contributed by atoms with Crippen LogP contribution in [0.1, 0.15) is 21.5 Å². The molecule has 24 heavy (non-hydrogen) atoms. The van der Waals surface area contributed by atoms with Gasteiger partial charge in [-0.2, -0.15) is 0 Å². The highest BCUT2D eigenvalue weighted by atomic mass is 16.1. The van der Waals surface area contributed by atoms with Gasteiger partial charge in [-0.3, -0.25) is 9.78 Å². The van der Waals surface area contributed by atoms with E-state index < -0.39 is 0 Å². The summed E-state index contributed by atoms with van der Waals surface area (Å²) in [7, 11) is 0. The van der Waals surface area contributed by atoms with Crippen molar-refractivity contribution in [3.8, 4) is 0 Å². The Morgan fingerprint density at radius 2 is 1.92 bits per heavy atom. The molecule has 0 saturated carbocycles. The molecule has 0 saturated heterocycles. The van der Waals surface area contributed by atoms with Gasteiger partial charge in [0.25, 0.3) is 5.91 Å². The zero-order valence-electron chi connectivity index (χ0n) is 13.4. The summed E-state index contributed by atoms with van der Waals surface area (Å²) >= 11 is 0. The fraction of sp³-hybridized carbons (Fsp3) is 0.105. The lowest BCUT2D eigenvalue weighted by atomic mass is 10.1. The summed E-state index contributed by atoms with van der Waals surface area (Å²) in [5.74, 6) is 0.610. The normalized spacial score (nSPS) is 10.2. The number of anilines is 2. The number of aryl methyl sites for hydroxylation is 1. The molecule has 2 N–H and O–H groups in total. The van der Waals surface area contributed by atoms with E-state index in [2.05, 4.69) is 20.6 Å². The Labute approximate surface area is 140 Å². The first kappa shape index (κ1) is 15.7. The number of hydrogen-bond donors (Lipinski definition) is 2. The van der Waals surface area contributed by atoms with Crippen molar-refractivity contribution in [1.29, 1.82) is 0 Å². The van der Waals surface area contributed by atoms with Gasteiger partial charge in [0.15, 0.2) is 0 Å². The summed E-state index contributed by atoms with van der Waals surface area (Å²) in [5, 5.41) is 6.08. The number of benzene rings is 1. The van der Waals surface area contributed by atoms with Crippen LogP contribution >= 0.6 is 0 Å². The highest BCUT2D eigenvalue weighted by Gasteiger charge is 2.08. The van der Waals surface area contributed by atoms with E-state index in [1.807, 2.05) is 61.7 Å². The predicted octanol–water partition coefficient (Wildman–Crippen LogP) is 3.65. The Hall–Kier alpha value is -3.21. The van der Waals surface area contributed by atoms with Crippen LogP contribution in [0.5, 0.6) is 0 Å². The van der Waals surface area contributed by atoms with E-state index in [0.29, 0.717) is 17.8 Å². The van der Waals surface area contributed by atoms with E-state index in [0.717, 1.165) is 16.9 Å². The fourth-order valence-corrected chi connectivity index (χ4v) is 2.29. The standard InChI is InChI=1S/C19H18N4O/c1-14-5-2-3-7-17(14)19(24)23-16-8-9-18(22-13-16)21-12-15-6-4-10-20-11-15/h2-11,13H,12H2,1H3,(H,21,22)(H,23,24). The molecule has 0 fully saturated rings. The molecule has 0 spiro atoms. The molecule has 0 aliphatic heterocycles. The number of rotatable bonds is 5. The summed E-state index contributed by atoms with van der Waals surface area (Å²) in [4.78, 5) is 20.7. The third kappa shape index (κ3) is 3.95. The van der Waals surface area contributed by atoms with E-state index in [9.17, 15) is 4.79 Å². The van der Waals surface area contributed by atoms with Crippen LogP contribution in [0, 0.1) is 6.92 Å². The van der Waals surface area contributed by atoms with Crippen LogP contribution in [0.2, 0.25) is 0 Å². The molecular weight excluding hydrogens is 300 g/mol. The number of aromatic nitrogens is 2. The van der Waals surface area contributed by atoms with E-state index in [1.165, 1.54) is 0 Å². The van der Waals surface area contributed by atoms with Gasteiger partial charge in [-0.25, -0.2) is 4.98 Å². The smallest absolute Gasteiger partial charge is 0.255 e. The Bertz CT molecular complexity index is 816. The number of nitrogens with one attached hydrogen (secondary N) is 2. The first-order chi connectivity index (χ1) is 11.7. The molecule has 0 atom stereocenters. The highest BCUT2D eigenvalue weighted by molar-refractivity contribution is 6.05. The van der Waals surface area contributed by atoms with Gasteiger partial charge in [0, 0.05) is 24.5 Å². The average molecular weight is 318 g/mol. The molecule has 0 unspecified atom stereocenters. The lowest BCUT2D eigenvalue weighted by molar-refractivity contribution is 0.102. The molecule has 2 aromatic heterocycles. The van der Waals surface area contributed by atoms with Crippen LogP contribution in [0.4, 0.5) is 11.5 Å². The number of pyridine rings is 2. The largest absolute Gasteiger partial charge is 0.366 e. The summed E-state index contributed by atoms with van der Waals surface area (Å²) < 4.78 is 0. The monoisotopic (exact) mass is 318 g/mol. The Morgan fingerprint density at radius 3 is 2.62 bits per heavy atom. The Kier molecular flexibility index (Phi) is 4.81. The molecule has 0 bridgehead atoms. The molecule has 1 amide bonds. The SMILES string of the molecule is Cc1ccccc1C(=O)Nc1ccc(NCc2cccnc2)nc1. The lowest BCUT2D eigenvalue weighted by Gasteiger charge is -2.09. The molecule has 5 nitrogen and oxygen atoms in total. The molecule has 3 aromatic rings. The minimum atomic E-state index is -0.133. The number of nitrogens with zero attached hydrogens (tertiary/aromatic N) is 2. The van der Waals surface area contributed by atoms with Crippen molar-refractivity contribution in [2.75, 3.05) is 10.6 Å². The zero-order chi connectivity index (χ0) is 16.8.